The van der Waals surface area contributed by atoms with Crippen molar-refractivity contribution in [2.75, 3.05) is 14.1 Å². The number of hydrogen-bond donors (Lipinski definition) is 2. The Bertz CT molecular complexity index is 523. The molecule has 1 aromatic carbocycles. The zero-order chi connectivity index (χ0) is 12.1. The molecule has 0 fully saturated rings. The number of halogens is 1. The van der Waals surface area contributed by atoms with E-state index >= 15 is 0 Å². The van der Waals surface area contributed by atoms with E-state index in [1.165, 1.54) is 12.4 Å². The van der Waals surface area contributed by atoms with E-state index in [1.54, 1.807) is 14.1 Å². The number of amides is 1. The lowest BCUT2D eigenvalue weighted by atomic mass is 10.1. The molecule has 0 aliphatic carbocycles. The van der Waals surface area contributed by atoms with Gasteiger partial charge in [-0.05, 0) is 0 Å². The normalized spacial score (nSPS) is 17.3. The van der Waals surface area contributed by atoms with Crippen molar-refractivity contribution in [1.29, 1.82) is 0 Å². The topological polar surface area (TPSA) is 69.9 Å². The van der Waals surface area contributed by atoms with Crippen LogP contribution in [0.1, 0.15) is 10.4 Å². The molecule has 0 saturated carbocycles. The molecule has 16 heavy (non-hydrogen) atoms. The lowest BCUT2D eigenvalue weighted by Crippen LogP contribution is -2.45. The predicted octanol–water partition coefficient (Wildman–Crippen LogP) is 1.64. The van der Waals surface area contributed by atoms with Crippen molar-refractivity contribution < 1.29 is 19.5 Å². The van der Waals surface area contributed by atoms with E-state index < -0.39 is 5.75 Å². The van der Waals surface area contributed by atoms with Crippen molar-refractivity contribution in [3.63, 3.8) is 0 Å². The summed E-state index contributed by atoms with van der Waals surface area (Å²) in [5, 5.41) is 18.6. The highest BCUT2D eigenvalue weighted by Gasteiger charge is 2.36. The SMILES string of the molecule is C[N+]1(C)C=Nc2cc(O)c(O)c(Cl)c2C1=O. The van der Waals surface area contributed by atoms with E-state index in [9.17, 15) is 15.0 Å². The second kappa shape index (κ2) is 3.20. The molecule has 0 bridgehead atoms. The van der Waals surface area contributed by atoms with Gasteiger partial charge in [0.1, 0.15) is 10.6 Å². The second-order valence-electron chi connectivity index (χ2n) is 4.04. The first-order valence-corrected chi connectivity index (χ1v) is 4.90. The molecule has 1 aliphatic heterocycles. The molecule has 0 aromatic heterocycles. The van der Waals surface area contributed by atoms with Crippen molar-refractivity contribution in [2.24, 2.45) is 4.99 Å². The molecule has 0 saturated heterocycles. The summed E-state index contributed by atoms with van der Waals surface area (Å²) in [6, 6.07) is 1.21. The Labute approximate surface area is 96.8 Å². The number of quaternary nitrogens is 1. The Hall–Kier alpha value is -1.59. The van der Waals surface area contributed by atoms with Crippen LogP contribution < -0.4 is 0 Å². The number of phenolic OH excluding ortho intramolecular Hbond substituents is 2. The Morgan fingerprint density at radius 3 is 2.62 bits per heavy atom. The molecule has 1 aromatic rings. The minimum absolute atomic E-state index is 0.0864. The maximum absolute atomic E-state index is 12.0. The summed E-state index contributed by atoms with van der Waals surface area (Å²) >= 11 is 5.82. The minimum Gasteiger partial charge on any atom is -0.504 e. The van der Waals surface area contributed by atoms with Gasteiger partial charge in [0.2, 0.25) is 0 Å². The number of fused-ring (bicyclic) bond motifs is 1. The Morgan fingerprint density at radius 2 is 2.00 bits per heavy atom. The number of benzene rings is 1. The van der Waals surface area contributed by atoms with E-state index in [-0.39, 0.29) is 32.4 Å². The minimum atomic E-state index is -0.495. The number of rotatable bonds is 0. The van der Waals surface area contributed by atoms with E-state index in [0.717, 1.165) is 0 Å². The van der Waals surface area contributed by atoms with E-state index in [0.29, 0.717) is 0 Å². The van der Waals surface area contributed by atoms with E-state index in [1.807, 2.05) is 0 Å². The van der Waals surface area contributed by atoms with Gasteiger partial charge in [-0.2, -0.15) is 0 Å². The molecule has 0 atom stereocenters. The van der Waals surface area contributed by atoms with Crippen LogP contribution in [0.4, 0.5) is 5.69 Å². The number of carbonyl (C=O) groups excluding carboxylic acids is 1. The van der Waals surface area contributed by atoms with Crippen molar-refractivity contribution in [3.8, 4) is 11.5 Å². The van der Waals surface area contributed by atoms with Gasteiger partial charge in [0.15, 0.2) is 17.8 Å². The Morgan fingerprint density at radius 1 is 1.38 bits per heavy atom. The summed E-state index contributed by atoms with van der Waals surface area (Å²) < 4.78 is -0.0864. The van der Waals surface area contributed by atoms with Crippen molar-refractivity contribution in [3.05, 3.63) is 16.7 Å². The fourth-order valence-electron chi connectivity index (χ4n) is 1.47. The molecule has 1 heterocycles. The first-order chi connectivity index (χ1) is 7.34. The maximum atomic E-state index is 12.0. The van der Waals surface area contributed by atoms with Gasteiger partial charge in [-0.3, -0.25) is 0 Å². The molecule has 5 nitrogen and oxygen atoms in total. The Balaban J connectivity index is 2.77. The zero-order valence-corrected chi connectivity index (χ0v) is 9.49. The standard InChI is InChI=1S/C10H9ClN2O3/c1-13(2)4-12-5-3-6(14)9(15)8(11)7(5)10(13)16/h3-4H,1-2H3,(H-,14,15,16)/p+1. The number of carbonyl (C=O) groups is 1. The molecule has 2 rings (SSSR count). The summed E-state index contributed by atoms with van der Waals surface area (Å²) in [4.78, 5) is 16.1. The fraction of sp³-hybridized carbons (Fsp3) is 0.200. The van der Waals surface area contributed by atoms with E-state index in [4.69, 9.17) is 11.6 Å². The molecular weight excluding hydrogens is 232 g/mol. The number of phenols is 2. The highest BCUT2D eigenvalue weighted by atomic mass is 35.5. The largest absolute Gasteiger partial charge is 0.504 e. The quantitative estimate of drug-likeness (QED) is 0.536. The van der Waals surface area contributed by atoms with Crippen LogP contribution in [0.5, 0.6) is 11.5 Å². The average molecular weight is 242 g/mol. The summed E-state index contributed by atoms with van der Waals surface area (Å²) in [5.41, 5.74) is 0.396. The van der Waals surface area contributed by atoms with Crippen LogP contribution in [-0.4, -0.2) is 41.0 Å². The summed E-state index contributed by atoms with van der Waals surface area (Å²) in [7, 11) is 3.30. The number of nitrogens with zero attached hydrogens (tertiary/aromatic N) is 2. The van der Waals surface area contributed by atoms with Gasteiger partial charge in [-0.15, -0.1) is 0 Å². The van der Waals surface area contributed by atoms with Gasteiger partial charge in [0.05, 0.1) is 19.8 Å². The molecular formula is C10H10ClN2O3+. The van der Waals surface area contributed by atoms with Gasteiger partial charge in [0, 0.05) is 6.07 Å². The molecule has 0 unspecified atom stereocenters. The number of hydrogen-bond acceptors (Lipinski definition) is 4. The van der Waals surface area contributed by atoms with Crippen molar-refractivity contribution in [2.45, 2.75) is 0 Å². The van der Waals surface area contributed by atoms with Gasteiger partial charge in [-0.1, -0.05) is 11.6 Å². The van der Waals surface area contributed by atoms with Gasteiger partial charge >= 0.3 is 5.91 Å². The third kappa shape index (κ3) is 1.36. The zero-order valence-electron chi connectivity index (χ0n) is 8.73. The third-order valence-corrected chi connectivity index (χ3v) is 2.79. The van der Waals surface area contributed by atoms with Crippen molar-refractivity contribution >= 4 is 29.5 Å². The number of aromatic hydroxyl groups is 2. The lowest BCUT2D eigenvalue weighted by Gasteiger charge is -2.25. The van der Waals surface area contributed by atoms with Crippen molar-refractivity contribution in [1.82, 2.24) is 0 Å². The van der Waals surface area contributed by atoms with Crippen LogP contribution in [0.25, 0.3) is 0 Å². The third-order valence-electron chi connectivity index (χ3n) is 2.42. The number of aliphatic imine (C=N–C) groups is 1. The molecule has 2 N–H and O–H groups in total. The molecule has 0 radical (unpaired) electrons. The smallest absolute Gasteiger partial charge is 0.355 e. The monoisotopic (exact) mass is 241 g/mol. The molecule has 6 heteroatoms. The van der Waals surface area contributed by atoms with Crippen LogP contribution in [0.15, 0.2) is 11.1 Å². The summed E-state index contributed by atoms with van der Waals surface area (Å²) in [6.07, 6.45) is 1.44. The molecule has 84 valence electrons. The van der Waals surface area contributed by atoms with Gasteiger partial charge < -0.3 is 10.2 Å². The van der Waals surface area contributed by atoms with Gasteiger partial charge in [-0.25, -0.2) is 14.3 Å². The Kier molecular flexibility index (Phi) is 2.18. The van der Waals surface area contributed by atoms with Crippen LogP contribution >= 0.6 is 11.6 Å². The first kappa shape index (κ1) is 10.9. The first-order valence-electron chi connectivity index (χ1n) is 4.53. The predicted molar refractivity (Wildman–Crippen MR) is 59.4 cm³/mol. The van der Waals surface area contributed by atoms with Crippen LogP contribution in [0, 0.1) is 0 Å². The molecule has 1 amide bonds. The summed E-state index contributed by atoms with van der Waals surface area (Å²) in [6.45, 7) is 0. The average Bonchev–Trinajstić information content (AvgIpc) is 2.21. The maximum Gasteiger partial charge on any atom is 0.355 e. The van der Waals surface area contributed by atoms with Crippen LogP contribution in [0.3, 0.4) is 0 Å². The molecule has 1 aliphatic rings. The lowest BCUT2D eigenvalue weighted by molar-refractivity contribution is -0.703. The second-order valence-corrected chi connectivity index (χ2v) is 4.42. The highest BCUT2D eigenvalue weighted by Crippen LogP contribution is 2.43. The van der Waals surface area contributed by atoms with Gasteiger partial charge in [0.25, 0.3) is 0 Å². The summed E-state index contributed by atoms with van der Waals surface area (Å²) in [5.74, 6) is -1.17. The highest BCUT2D eigenvalue weighted by molar-refractivity contribution is 6.36. The fourth-order valence-corrected chi connectivity index (χ4v) is 1.74. The van der Waals surface area contributed by atoms with Crippen LogP contribution in [-0.2, 0) is 0 Å². The van der Waals surface area contributed by atoms with Crippen LogP contribution in [0.2, 0.25) is 5.02 Å². The van der Waals surface area contributed by atoms with E-state index in [2.05, 4.69) is 4.99 Å². The molecule has 0 spiro atoms.